The van der Waals surface area contributed by atoms with Crippen LogP contribution in [0, 0.1) is 0 Å². The fraction of sp³-hybridized carbons (Fsp3) is 1.00. The van der Waals surface area contributed by atoms with Gasteiger partial charge >= 0.3 is 0 Å². The zero-order valence-electron chi connectivity index (χ0n) is 6.11. The number of hydrogen-bond acceptors (Lipinski definition) is 3. The molecule has 0 amide bonds. The van der Waals surface area contributed by atoms with E-state index in [1.54, 1.807) is 0 Å². The third-order valence-corrected chi connectivity index (χ3v) is 1.29. The molecule has 0 aliphatic carbocycles. The molecule has 62 valence electrons. The summed E-state index contributed by atoms with van der Waals surface area (Å²) in [4.78, 5) is 8.57. The van der Waals surface area contributed by atoms with Crippen LogP contribution in [0.1, 0.15) is 13.8 Å². The van der Waals surface area contributed by atoms with Crippen LogP contribution in [-0.4, -0.2) is 33.7 Å². The molecular formula is C5H12FeO3Si. The van der Waals surface area contributed by atoms with Gasteiger partial charge in [-0.3, -0.25) is 0 Å². The van der Waals surface area contributed by atoms with Gasteiger partial charge in [-0.15, -0.1) is 0 Å². The van der Waals surface area contributed by atoms with Crippen LogP contribution < -0.4 is 0 Å². The van der Waals surface area contributed by atoms with Crippen LogP contribution in [0.15, 0.2) is 0 Å². The molecule has 0 heterocycles. The molecule has 0 aromatic carbocycles. The third-order valence-electron chi connectivity index (χ3n) is 0.741. The van der Waals surface area contributed by atoms with Crippen molar-refractivity contribution in [1.82, 2.24) is 0 Å². The molecule has 0 unspecified atom stereocenters. The minimum Gasteiger partial charge on any atom is -0.428 e. The van der Waals surface area contributed by atoms with E-state index in [2.05, 4.69) is 0 Å². The van der Waals surface area contributed by atoms with Gasteiger partial charge < -0.3 is 14.3 Å². The fourth-order valence-electron chi connectivity index (χ4n) is 0.425. The molecule has 0 aromatic rings. The summed E-state index contributed by atoms with van der Waals surface area (Å²) in [7, 11) is -0.282. The van der Waals surface area contributed by atoms with E-state index >= 15 is 0 Å². The smallest absolute Gasteiger partial charge is 0.295 e. The zero-order chi connectivity index (χ0) is 7.11. The summed E-state index contributed by atoms with van der Waals surface area (Å²) in [6.45, 7) is 4.90. The second-order valence-corrected chi connectivity index (χ2v) is 2.10. The molecule has 0 fully saturated rings. The Bertz CT molecular complexity index is 58.9. The summed E-state index contributed by atoms with van der Waals surface area (Å²) in [6, 6.07) is 0. The molecule has 3 nitrogen and oxygen atoms in total. The van der Waals surface area contributed by atoms with Crippen molar-refractivity contribution in [1.29, 1.82) is 0 Å². The van der Waals surface area contributed by atoms with Crippen molar-refractivity contribution in [3.63, 3.8) is 0 Å². The summed E-state index contributed by atoms with van der Waals surface area (Å²) in [5, 5.41) is 0. The van der Waals surface area contributed by atoms with Gasteiger partial charge in [0.25, 0.3) is 9.76 Å². The molecule has 0 bridgehead atoms. The number of hydrogen-bond donors (Lipinski definition) is 1. The van der Waals surface area contributed by atoms with Gasteiger partial charge in [-0.2, -0.15) is 0 Å². The minimum absolute atomic E-state index is 0. The van der Waals surface area contributed by atoms with Gasteiger partial charge in [-0.1, -0.05) is 0 Å². The van der Waals surface area contributed by atoms with Gasteiger partial charge in [0.1, 0.15) is 0 Å². The normalized spacial score (nSPS) is 9.60. The van der Waals surface area contributed by atoms with Gasteiger partial charge in [0.05, 0.1) is 0 Å². The average Bonchev–Trinajstić information content (AvgIpc) is 1.88. The van der Waals surface area contributed by atoms with Gasteiger partial charge in [-0.05, 0) is 13.8 Å². The monoisotopic (exact) mass is 204 g/mol. The molecule has 0 spiro atoms. The Morgan fingerprint density at radius 2 is 1.70 bits per heavy atom. The van der Waals surface area contributed by atoms with E-state index in [-0.39, 0.29) is 26.8 Å². The minimum atomic E-state index is -0.403. The fourth-order valence-corrected chi connectivity index (χ4v) is 0.908. The Morgan fingerprint density at radius 1 is 1.30 bits per heavy atom. The molecule has 10 heavy (non-hydrogen) atoms. The van der Waals surface area contributed by atoms with Crippen molar-refractivity contribution >= 4 is 9.76 Å². The maximum atomic E-state index is 8.57. The van der Waals surface area contributed by atoms with E-state index in [4.69, 9.17) is 14.3 Å². The Hall–Kier alpha value is 0.616. The van der Waals surface area contributed by atoms with Gasteiger partial charge in [-0.25, -0.2) is 0 Å². The quantitative estimate of drug-likeness (QED) is 0.504. The Labute approximate surface area is 74.5 Å². The standard InChI is InChI=1S/C5H12O3Si.Fe/c1-3-7-5(9-6)8-4-2;/h5-6H,3-4H2,1-2H3;. The van der Waals surface area contributed by atoms with E-state index in [0.717, 1.165) is 0 Å². The molecule has 0 aliphatic heterocycles. The first-order chi connectivity index (χ1) is 4.35. The SMILES string of the molecule is CCOC(OCC)[Si]O.[Fe]. The number of ether oxygens (including phenoxy) is 2. The first-order valence-electron chi connectivity index (χ1n) is 2.98. The maximum absolute atomic E-state index is 8.57. The molecule has 0 atom stereocenters. The second-order valence-electron chi connectivity index (χ2n) is 1.37. The van der Waals surface area contributed by atoms with Crippen molar-refractivity contribution in [2.75, 3.05) is 13.2 Å². The zero-order valence-corrected chi connectivity index (χ0v) is 8.21. The van der Waals surface area contributed by atoms with Crippen LogP contribution in [0.2, 0.25) is 0 Å². The molecule has 1 N–H and O–H groups in total. The predicted molar refractivity (Wildman–Crippen MR) is 35.0 cm³/mol. The predicted octanol–water partition coefficient (Wildman–Crippen LogP) is -0.0480. The Kier molecular flexibility index (Phi) is 12.7. The largest absolute Gasteiger partial charge is 0.428 e. The van der Waals surface area contributed by atoms with Crippen LogP contribution in [-0.2, 0) is 26.5 Å². The van der Waals surface area contributed by atoms with Gasteiger partial charge in [0.15, 0.2) is 5.91 Å². The summed E-state index contributed by atoms with van der Waals surface area (Å²) in [5.41, 5.74) is 0. The van der Waals surface area contributed by atoms with Crippen molar-refractivity contribution in [3.8, 4) is 0 Å². The van der Waals surface area contributed by atoms with Gasteiger partial charge in [0.2, 0.25) is 0 Å². The van der Waals surface area contributed by atoms with Crippen molar-refractivity contribution in [3.05, 3.63) is 0 Å². The summed E-state index contributed by atoms with van der Waals surface area (Å²) < 4.78 is 9.94. The van der Waals surface area contributed by atoms with Crippen LogP contribution >= 0.6 is 0 Å². The molecule has 2 radical (unpaired) electrons. The molecule has 0 saturated carbocycles. The van der Waals surface area contributed by atoms with E-state index in [9.17, 15) is 0 Å². The molecular weight excluding hydrogens is 192 g/mol. The number of rotatable bonds is 5. The van der Waals surface area contributed by atoms with Crippen molar-refractivity contribution in [2.24, 2.45) is 0 Å². The topological polar surface area (TPSA) is 38.7 Å². The third kappa shape index (κ3) is 6.73. The van der Waals surface area contributed by atoms with Crippen LogP contribution in [0.5, 0.6) is 0 Å². The van der Waals surface area contributed by atoms with Crippen LogP contribution in [0.4, 0.5) is 0 Å². The van der Waals surface area contributed by atoms with E-state index < -0.39 is 5.91 Å². The van der Waals surface area contributed by atoms with Crippen LogP contribution in [0.3, 0.4) is 0 Å². The molecule has 0 aromatic heterocycles. The van der Waals surface area contributed by atoms with Crippen molar-refractivity contribution < 1.29 is 31.3 Å². The average molecular weight is 204 g/mol. The Balaban J connectivity index is 0. The molecule has 0 rings (SSSR count). The molecule has 0 aliphatic rings. The van der Waals surface area contributed by atoms with Crippen molar-refractivity contribution in [2.45, 2.75) is 19.8 Å². The maximum Gasteiger partial charge on any atom is 0.295 e. The first kappa shape index (κ1) is 13.2. The first-order valence-corrected chi connectivity index (χ1v) is 4.00. The summed E-state index contributed by atoms with van der Waals surface area (Å²) >= 11 is 0. The van der Waals surface area contributed by atoms with Gasteiger partial charge in [0, 0.05) is 30.3 Å². The Morgan fingerprint density at radius 3 is 1.90 bits per heavy atom. The molecule has 0 saturated heterocycles. The second kappa shape index (κ2) is 9.62. The van der Waals surface area contributed by atoms with E-state index in [1.807, 2.05) is 13.8 Å². The summed E-state index contributed by atoms with van der Waals surface area (Å²) in [6.07, 6.45) is 0. The summed E-state index contributed by atoms with van der Waals surface area (Å²) in [5.74, 6) is -0.403. The van der Waals surface area contributed by atoms with Crippen LogP contribution in [0.25, 0.3) is 0 Å². The van der Waals surface area contributed by atoms with E-state index in [1.165, 1.54) is 0 Å². The molecule has 5 heteroatoms. The van der Waals surface area contributed by atoms with E-state index in [0.29, 0.717) is 13.2 Å².